The van der Waals surface area contributed by atoms with Gasteiger partial charge in [-0.2, -0.15) is 0 Å². The zero-order chi connectivity index (χ0) is 13.4. The molecule has 0 aliphatic rings. The molecule has 0 saturated heterocycles. The first-order valence-electron chi connectivity index (χ1n) is 6.29. The fourth-order valence-corrected chi connectivity index (χ4v) is 2.65. The van der Waals surface area contributed by atoms with E-state index in [-0.39, 0.29) is 37.2 Å². The van der Waals surface area contributed by atoms with Crippen LogP contribution in [0, 0.1) is 0 Å². The highest BCUT2D eigenvalue weighted by atomic mass is 127. The first-order chi connectivity index (χ1) is 9.24. The molecule has 1 heterocycles. The lowest BCUT2D eigenvalue weighted by atomic mass is 9.99. The van der Waals surface area contributed by atoms with Gasteiger partial charge in [-0.1, -0.05) is 18.2 Å². The van der Waals surface area contributed by atoms with Gasteiger partial charge in [0.05, 0.1) is 24.0 Å². The maximum atomic E-state index is 9.53. The van der Waals surface area contributed by atoms with E-state index in [4.69, 9.17) is 0 Å². The van der Waals surface area contributed by atoms with Crippen molar-refractivity contribution in [3.63, 3.8) is 0 Å². The zero-order valence-electron chi connectivity index (χ0n) is 11.2. The van der Waals surface area contributed by atoms with Crippen LogP contribution < -0.4 is 28.5 Å². The largest absolute Gasteiger partial charge is 1.00 e. The minimum Gasteiger partial charge on any atom is -1.00 e. The Morgan fingerprint density at radius 1 is 0.950 bits per heavy atom. The predicted octanol–water partition coefficient (Wildman–Crippen LogP) is -1.19. The SMILES string of the molecule is C[n+]1cc2c(CO)cc(CO)cc2c2ccccc21.[I-]. The monoisotopic (exact) mass is 381 g/mol. The van der Waals surface area contributed by atoms with Crippen molar-refractivity contribution < 1.29 is 38.8 Å². The number of aryl methyl sites for hydroxylation is 1. The van der Waals surface area contributed by atoms with E-state index in [1.807, 2.05) is 37.5 Å². The van der Waals surface area contributed by atoms with Crippen LogP contribution in [0.1, 0.15) is 11.1 Å². The van der Waals surface area contributed by atoms with Gasteiger partial charge in [-0.25, -0.2) is 4.57 Å². The van der Waals surface area contributed by atoms with Crippen LogP contribution in [0.2, 0.25) is 0 Å². The molecule has 0 spiro atoms. The molecule has 0 fully saturated rings. The second-order valence-corrected chi connectivity index (χ2v) is 4.79. The Labute approximate surface area is 134 Å². The number of rotatable bonds is 2. The van der Waals surface area contributed by atoms with Crippen molar-refractivity contribution in [1.29, 1.82) is 0 Å². The lowest BCUT2D eigenvalue weighted by Gasteiger charge is -2.08. The molecule has 3 aromatic rings. The average Bonchev–Trinajstić information content (AvgIpc) is 2.47. The van der Waals surface area contributed by atoms with Gasteiger partial charge in [0.2, 0.25) is 5.52 Å². The summed E-state index contributed by atoms with van der Waals surface area (Å²) in [4.78, 5) is 0. The van der Waals surface area contributed by atoms with Crippen molar-refractivity contribution in [2.75, 3.05) is 0 Å². The molecule has 104 valence electrons. The molecule has 3 rings (SSSR count). The van der Waals surface area contributed by atoms with Crippen LogP contribution in [0.3, 0.4) is 0 Å². The Bertz CT molecular complexity index is 771. The number of fused-ring (bicyclic) bond motifs is 3. The van der Waals surface area contributed by atoms with Crippen LogP contribution in [0.25, 0.3) is 21.7 Å². The topological polar surface area (TPSA) is 44.3 Å². The summed E-state index contributed by atoms with van der Waals surface area (Å²) in [5.41, 5.74) is 2.81. The number of aliphatic hydroxyl groups excluding tert-OH is 2. The van der Waals surface area contributed by atoms with Gasteiger partial charge in [0.25, 0.3) is 0 Å². The van der Waals surface area contributed by atoms with Gasteiger partial charge < -0.3 is 34.2 Å². The standard InChI is InChI=1S/C16H16NO2.HI/c1-17-8-15-12(10-19)6-11(9-18)7-14(15)13-4-2-3-5-16(13)17;/h2-8,18-19H,9-10H2,1H3;1H/q+1;/p-1. The van der Waals surface area contributed by atoms with Gasteiger partial charge in [-0.15, -0.1) is 0 Å². The first-order valence-corrected chi connectivity index (χ1v) is 6.29. The molecule has 20 heavy (non-hydrogen) atoms. The van der Waals surface area contributed by atoms with Crippen LogP contribution >= 0.6 is 0 Å². The number of nitrogens with zero attached hydrogens (tertiary/aromatic N) is 1. The summed E-state index contributed by atoms with van der Waals surface area (Å²) in [6.07, 6.45) is 2.03. The third kappa shape index (κ3) is 2.39. The highest BCUT2D eigenvalue weighted by Crippen LogP contribution is 2.26. The Morgan fingerprint density at radius 3 is 2.40 bits per heavy atom. The summed E-state index contributed by atoms with van der Waals surface area (Å²) in [5.74, 6) is 0. The number of para-hydroxylation sites is 1. The molecule has 0 unspecified atom stereocenters. The van der Waals surface area contributed by atoms with Crippen LogP contribution in [0.5, 0.6) is 0 Å². The van der Waals surface area contributed by atoms with Crippen LogP contribution in [0.15, 0.2) is 42.6 Å². The summed E-state index contributed by atoms with van der Waals surface area (Å²) < 4.78 is 2.06. The minimum atomic E-state index is -0.0251. The fourth-order valence-electron chi connectivity index (χ4n) is 2.65. The molecule has 2 aromatic carbocycles. The highest BCUT2D eigenvalue weighted by Gasteiger charge is 2.13. The molecule has 2 N–H and O–H groups in total. The highest BCUT2D eigenvalue weighted by molar-refractivity contribution is 6.05. The van der Waals surface area contributed by atoms with E-state index in [0.29, 0.717) is 0 Å². The number of pyridine rings is 1. The third-order valence-corrected chi connectivity index (χ3v) is 3.58. The molecular formula is C16H16INO2. The second-order valence-electron chi connectivity index (χ2n) is 4.79. The third-order valence-electron chi connectivity index (χ3n) is 3.58. The van der Waals surface area contributed by atoms with Crippen molar-refractivity contribution in [1.82, 2.24) is 0 Å². The van der Waals surface area contributed by atoms with Gasteiger partial charge in [-0.05, 0) is 23.3 Å². The van der Waals surface area contributed by atoms with Gasteiger partial charge in [0.15, 0.2) is 6.20 Å². The summed E-state index contributed by atoms with van der Waals surface area (Å²) in [5, 5.41) is 22.1. The van der Waals surface area contributed by atoms with Crippen molar-refractivity contribution in [3.8, 4) is 0 Å². The Kier molecular flexibility index (Phi) is 4.57. The van der Waals surface area contributed by atoms with Crippen molar-refractivity contribution in [2.24, 2.45) is 7.05 Å². The maximum Gasteiger partial charge on any atom is 0.212 e. The summed E-state index contributed by atoms with van der Waals surface area (Å²) in [7, 11) is 2.00. The number of aliphatic hydroxyl groups is 2. The maximum absolute atomic E-state index is 9.53. The summed E-state index contributed by atoms with van der Waals surface area (Å²) >= 11 is 0. The molecule has 0 aliphatic heterocycles. The lowest BCUT2D eigenvalue weighted by Crippen LogP contribution is -3.00. The number of halogens is 1. The van der Waals surface area contributed by atoms with E-state index in [1.54, 1.807) is 0 Å². The molecule has 0 aliphatic carbocycles. The first kappa shape index (κ1) is 15.2. The Hall–Kier alpha value is -1.24. The number of hydrogen-bond acceptors (Lipinski definition) is 2. The molecule has 1 aromatic heterocycles. The lowest BCUT2D eigenvalue weighted by molar-refractivity contribution is -0.643. The van der Waals surface area contributed by atoms with Crippen molar-refractivity contribution in [2.45, 2.75) is 13.2 Å². The van der Waals surface area contributed by atoms with Crippen molar-refractivity contribution >= 4 is 21.7 Å². The normalized spacial score (nSPS) is 10.8. The van der Waals surface area contributed by atoms with E-state index in [2.05, 4.69) is 16.7 Å². The molecule has 3 nitrogen and oxygen atoms in total. The number of benzene rings is 2. The molecule has 0 amide bonds. The zero-order valence-corrected chi connectivity index (χ0v) is 13.3. The molecule has 4 heteroatoms. The van der Waals surface area contributed by atoms with Crippen LogP contribution in [0.4, 0.5) is 0 Å². The molecule has 0 saturated carbocycles. The molecular weight excluding hydrogens is 365 g/mol. The van der Waals surface area contributed by atoms with E-state index < -0.39 is 0 Å². The molecule has 0 atom stereocenters. The molecule has 0 radical (unpaired) electrons. The fraction of sp³-hybridized carbons (Fsp3) is 0.188. The predicted molar refractivity (Wildman–Crippen MR) is 74.5 cm³/mol. The Morgan fingerprint density at radius 2 is 1.70 bits per heavy atom. The quantitative estimate of drug-likeness (QED) is 0.333. The summed E-state index contributed by atoms with van der Waals surface area (Å²) in [6, 6.07) is 12.0. The van der Waals surface area contributed by atoms with E-state index in [9.17, 15) is 10.2 Å². The van der Waals surface area contributed by atoms with Crippen LogP contribution in [-0.2, 0) is 20.3 Å². The van der Waals surface area contributed by atoms with Gasteiger partial charge in [-0.3, -0.25) is 0 Å². The van der Waals surface area contributed by atoms with Gasteiger partial charge >= 0.3 is 0 Å². The van der Waals surface area contributed by atoms with E-state index >= 15 is 0 Å². The molecule has 0 bridgehead atoms. The van der Waals surface area contributed by atoms with Gasteiger partial charge in [0.1, 0.15) is 7.05 Å². The summed E-state index contributed by atoms with van der Waals surface area (Å²) in [6.45, 7) is -0.0407. The average molecular weight is 381 g/mol. The van der Waals surface area contributed by atoms with Crippen molar-refractivity contribution in [3.05, 3.63) is 53.7 Å². The second kappa shape index (κ2) is 6.03. The van der Waals surface area contributed by atoms with E-state index in [0.717, 1.165) is 32.8 Å². The minimum absolute atomic E-state index is 0. The number of hydrogen-bond donors (Lipinski definition) is 2. The Balaban J connectivity index is 0.00000147. The number of aromatic nitrogens is 1. The smallest absolute Gasteiger partial charge is 0.212 e. The van der Waals surface area contributed by atoms with Crippen LogP contribution in [-0.4, -0.2) is 10.2 Å². The van der Waals surface area contributed by atoms with Gasteiger partial charge in [0, 0.05) is 11.5 Å². The van der Waals surface area contributed by atoms with E-state index in [1.165, 1.54) is 0 Å².